The van der Waals surface area contributed by atoms with Crippen LogP contribution in [-0.2, 0) is 20.9 Å². The first kappa shape index (κ1) is 12.2. The number of carbonyl (C=O) groups excluding carboxylic acids is 2. The Bertz CT molecular complexity index is 398. The van der Waals surface area contributed by atoms with Crippen molar-refractivity contribution in [1.82, 2.24) is 15.1 Å². The molecular weight excluding hydrogens is 210 g/mol. The van der Waals surface area contributed by atoms with Gasteiger partial charge in [0.1, 0.15) is 13.1 Å². The maximum atomic E-state index is 11.4. The van der Waals surface area contributed by atoms with Gasteiger partial charge < -0.3 is 10.1 Å². The molecule has 1 aromatic heterocycles. The topological polar surface area (TPSA) is 73.2 Å². The summed E-state index contributed by atoms with van der Waals surface area (Å²) in [7, 11) is 1.27. The van der Waals surface area contributed by atoms with E-state index >= 15 is 0 Å². The highest BCUT2D eigenvalue weighted by molar-refractivity contribution is 5.81. The summed E-state index contributed by atoms with van der Waals surface area (Å²) < 4.78 is 5.99. The van der Waals surface area contributed by atoms with Gasteiger partial charge in [-0.2, -0.15) is 5.10 Å². The van der Waals surface area contributed by atoms with Crippen LogP contribution in [-0.4, -0.2) is 35.3 Å². The lowest BCUT2D eigenvalue weighted by atomic mass is 10.4. The zero-order valence-electron chi connectivity index (χ0n) is 9.61. The third kappa shape index (κ3) is 3.38. The van der Waals surface area contributed by atoms with Gasteiger partial charge in [0.2, 0.25) is 5.91 Å². The maximum Gasteiger partial charge on any atom is 0.325 e. The molecule has 0 aliphatic carbocycles. The monoisotopic (exact) mass is 225 g/mol. The van der Waals surface area contributed by atoms with Crippen LogP contribution < -0.4 is 5.32 Å². The number of nitrogens with one attached hydrogen (secondary N) is 1. The van der Waals surface area contributed by atoms with Crippen LogP contribution in [0, 0.1) is 13.8 Å². The number of rotatable bonds is 4. The Hall–Kier alpha value is -1.85. The minimum atomic E-state index is -0.471. The highest BCUT2D eigenvalue weighted by Crippen LogP contribution is 2.00. The van der Waals surface area contributed by atoms with Crippen molar-refractivity contribution < 1.29 is 14.3 Å². The molecule has 0 radical (unpaired) electrons. The zero-order chi connectivity index (χ0) is 12.1. The normalized spacial score (nSPS) is 9.94. The first-order valence-electron chi connectivity index (χ1n) is 4.87. The zero-order valence-corrected chi connectivity index (χ0v) is 9.61. The summed E-state index contributed by atoms with van der Waals surface area (Å²) in [4.78, 5) is 22.2. The maximum absolute atomic E-state index is 11.4. The highest BCUT2D eigenvalue weighted by atomic mass is 16.5. The molecule has 0 bridgehead atoms. The molecule has 16 heavy (non-hydrogen) atoms. The number of methoxy groups -OCH3 is 1. The molecule has 1 heterocycles. The van der Waals surface area contributed by atoms with E-state index in [9.17, 15) is 9.59 Å². The van der Waals surface area contributed by atoms with Crippen molar-refractivity contribution in [1.29, 1.82) is 0 Å². The summed E-state index contributed by atoms with van der Waals surface area (Å²) in [6.45, 7) is 3.72. The fourth-order valence-corrected chi connectivity index (χ4v) is 1.27. The first-order chi connectivity index (χ1) is 7.52. The lowest BCUT2D eigenvalue weighted by molar-refractivity contribution is -0.141. The van der Waals surface area contributed by atoms with Crippen molar-refractivity contribution in [2.45, 2.75) is 20.4 Å². The third-order valence-electron chi connectivity index (χ3n) is 2.05. The molecule has 1 N–H and O–H groups in total. The Kier molecular flexibility index (Phi) is 4.04. The highest BCUT2D eigenvalue weighted by Gasteiger charge is 2.08. The van der Waals surface area contributed by atoms with Crippen molar-refractivity contribution >= 4 is 11.9 Å². The van der Waals surface area contributed by atoms with Gasteiger partial charge in [0.25, 0.3) is 0 Å². The van der Waals surface area contributed by atoms with E-state index in [-0.39, 0.29) is 19.0 Å². The summed E-state index contributed by atoms with van der Waals surface area (Å²) in [5.41, 5.74) is 1.77. The lowest BCUT2D eigenvalue weighted by Gasteiger charge is -2.05. The molecule has 0 aliphatic heterocycles. The Balaban J connectivity index is 2.46. The van der Waals surface area contributed by atoms with E-state index in [1.165, 1.54) is 7.11 Å². The van der Waals surface area contributed by atoms with Crippen molar-refractivity contribution in [2.75, 3.05) is 13.7 Å². The Morgan fingerprint density at radius 2 is 2.19 bits per heavy atom. The average molecular weight is 225 g/mol. The van der Waals surface area contributed by atoms with Crippen LogP contribution in [0.15, 0.2) is 6.07 Å². The van der Waals surface area contributed by atoms with E-state index in [2.05, 4.69) is 15.2 Å². The lowest BCUT2D eigenvalue weighted by Crippen LogP contribution is -2.33. The third-order valence-corrected chi connectivity index (χ3v) is 2.05. The Morgan fingerprint density at radius 3 is 2.69 bits per heavy atom. The predicted molar refractivity (Wildman–Crippen MR) is 56.7 cm³/mol. The molecule has 1 rings (SSSR count). The van der Waals surface area contributed by atoms with E-state index in [1.807, 2.05) is 19.9 Å². The molecule has 6 nitrogen and oxygen atoms in total. The summed E-state index contributed by atoms with van der Waals surface area (Å²) in [5, 5.41) is 6.58. The van der Waals surface area contributed by atoms with Gasteiger partial charge in [-0.25, -0.2) is 0 Å². The van der Waals surface area contributed by atoms with Crippen LogP contribution in [0.25, 0.3) is 0 Å². The molecule has 0 saturated carbocycles. The molecule has 1 aromatic rings. The van der Waals surface area contributed by atoms with Gasteiger partial charge in [-0.15, -0.1) is 0 Å². The van der Waals surface area contributed by atoms with Crippen molar-refractivity contribution in [2.24, 2.45) is 0 Å². The SMILES string of the molecule is COC(=O)CNC(=O)Cn1nc(C)cc1C. The number of carbonyl (C=O) groups is 2. The summed E-state index contributed by atoms with van der Waals surface area (Å²) >= 11 is 0. The smallest absolute Gasteiger partial charge is 0.325 e. The second kappa shape index (κ2) is 5.29. The van der Waals surface area contributed by atoms with E-state index < -0.39 is 5.97 Å². The molecule has 0 saturated heterocycles. The van der Waals surface area contributed by atoms with Gasteiger partial charge in [-0.1, -0.05) is 0 Å². The van der Waals surface area contributed by atoms with E-state index in [0.29, 0.717) is 0 Å². The average Bonchev–Trinajstić information content (AvgIpc) is 2.54. The van der Waals surface area contributed by atoms with E-state index in [1.54, 1.807) is 4.68 Å². The Morgan fingerprint density at radius 1 is 1.50 bits per heavy atom. The van der Waals surface area contributed by atoms with Crippen LogP contribution in [0.3, 0.4) is 0 Å². The van der Waals surface area contributed by atoms with Gasteiger partial charge in [0, 0.05) is 5.69 Å². The number of esters is 1. The quantitative estimate of drug-likeness (QED) is 0.719. The number of ether oxygens (including phenoxy) is 1. The van der Waals surface area contributed by atoms with Gasteiger partial charge in [-0.05, 0) is 19.9 Å². The van der Waals surface area contributed by atoms with Crippen LogP contribution in [0.4, 0.5) is 0 Å². The summed E-state index contributed by atoms with van der Waals surface area (Å²) in [5.74, 6) is -0.738. The van der Waals surface area contributed by atoms with Gasteiger partial charge in [0.05, 0.1) is 12.8 Å². The van der Waals surface area contributed by atoms with E-state index in [4.69, 9.17) is 0 Å². The number of aryl methyl sites for hydroxylation is 2. The summed E-state index contributed by atoms with van der Waals surface area (Å²) in [6, 6.07) is 1.88. The van der Waals surface area contributed by atoms with Crippen LogP contribution in [0.5, 0.6) is 0 Å². The first-order valence-corrected chi connectivity index (χ1v) is 4.87. The second-order valence-corrected chi connectivity index (χ2v) is 3.44. The number of amides is 1. The number of aromatic nitrogens is 2. The minimum absolute atomic E-state index is 0.108. The molecule has 0 aromatic carbocycles. The molecule has 0 atom stereocenters. The van der Waals surface area contributed by atoms with Crippen LogP contribution in [0.1, 0.15) is 11.4 Å². The van der Waals surface area contributed by atoms with Gasteiger partial charge >= 0.3 is 5.97 Å². The fourth-order valence-electron chi connectivity index (χ4n) is 1.27. The molecule has 0 aliphatic rings. The molecule has 0 spiro atoms. The van der Waals surface area contributed by atoms with Crippen LogP contribution >= 0.6 is 0 Å². The van der Waals surface area contributed by atoms with Gasteiger partial charge in [0.15, 0.2) is 0 Å². The standard InChI is InChI=1S/C10H15N3O3/c1-7-4-8(2)13(12-7)6-9(14)11-5-10(15)16-3/h4H,5-6H2,1-3H3,(H,11,14). The molecule has 1 amide bonds. The molecule has 88 valence electrons. The molecule has 6 heteroatoms. The fraction of sp³-hybridized carbons (Fsp3) is 0.500. The van der Waals surface area contributed by atoms with Gasteiger partial charge in [-0.3, -0.25) is 14.3 Å². The predicted octanol–water partition coefficient (Wildman–Crippen LogP) is -0.211. The number of hydrogen-bond acceptors (Lipinski definition) is 4. The molecular formula is C10H15N3O3. The van der Waals surface area contributed by atoms with E-state index in [0.717, 1.165) is 11.4 Å². The summed E-state index contributed by atoms with van der Waals surface area (Å²) in [6.07, 6.45) is 0. The van der Waals surface area contributed by atoms with Crippen molar-refractivity contribution in [3.05, 3.63) is 17.5 Å². The Labute approximate surface area is 93.6 Å². The minimum Gasteiger partial charge on any atom is -0.468 e. The molecule has 0 fully saturated rings. The number of hydrogen-bond donors (Lipinski definition) is 1. The largest absolute Gasteiger partial charge is 0.468 e. The second-order valence-electron chi connectivity index (χ2n) is 3.44. The van der Waals surface area contributed by atoms with Crippen LogP contribution in [0.2, 0.25) is 0 Å². The number of nitrogens with zero attached hydrogens (tertiary/aromatic N) is 2. The van der Waals surface area contributed by atoms with Crippen molar-refractivity contribution in [3.63, 3.8) is 0 Å². The molecule has 0 unspecified atom stereocenters. The van der Waals surface area contributed by atoms with Crippen molar-refractivity contribution in [3.8, 4) is 0 Å².